The highest BCUT2D eigenvalue weighted by Crippen LogP contribution is 2.58. The first kappa shape index (κ1) is 23.4. The van der Waals surface area contributed by atoms with Gasteiger partial charge in [-0.3, -0.25) is 0 Å². The third kappa shape index (κ3) is 4.68. The Morgan fingerprint density at radius 2 is 1.16 bits per heavy atom. The van der Waals surface area contributed by atoms with E-state index < -0.39 is 7.26 Å². The second-order valence-corrected chi connectivity index (χ2v) is 11.6. The van der Waals surface area contributed by atoms with Gasteiger partial charge in [0, 0.05) is 10.0 Å². The average Bonchev–Trinajstić information content (AvgIpc) is 2.81. The van der Waals surface area contributed by atoms with Gasteiger partial charge in [-0.2, -0.15) is 5.26 Å². The molecule has 0 saturated heterocycles. The van der Waals surface area contributed by atoms with Crippen molar-refractivity contribution in [1.82, 2.24) is 0 Å². The highest BCUT2D eigenvalue weighted by Gasteiger charge is 2.45. The van der Waals surface area contributed by atoms with Gasteiger partial charge in [0.15, 0.2) is 0 Å². The zero-order chi connectivity index (χ0) is 21.0. The predicted molar refractivity (Wildman–Crippen MR) is 132 cm³/mol. The van der Waals surface area contributed by atoms with E-state index in [1.165, 1.54) is 21.5 Å². The van der Waals surface area contributed by atoms with Crippen LogP contribution in [0.4, 0.5) is 0 Å². The van der Waals surface area contributed by atoms with Gasteiger partial charge in [0.25, 0.3) is 0 Å². The molecule has 0 fully saturated rings. The fourth-order valence-corrected chi connectivity index (χ4v) is 8.88. The molecule has 154 valence electrons. The molecule has 1 nitrogen and oxygen atoms in total. The number of aryl methyl sites for hydroxylation is 1. The van der Waals surface area contributed by atoms with Crippen LogP contribution in [0.1, 0.15) is 16.7 Å². The molecule has 31 heavy (non-hydrogen) atoms. The van der Waals surface area contributed by atoms with E-state index in [0.717, 1.165) is 16.2 Å². The van der Waals surface area contributed by atoms with E-state index in [1.807, 2.05) is 12.1 Å². The Morgan fingerprint density at radius 3 is 1.55 bits per heavy atom. The average molecular weight is 551 g/mol. The van der Waals surface area contributed by atoms with Crippen molar-refractivity contribution in [2.45, 2.75) is 13.1 Å². The predicted octanol–water partition coefficient (Wildman–Crippen LogP) is 3.13. The van der Waals surface area contributed by atoms with Gasteiger partial charge in [0.1, 0.15) is 23.2 Å². The summed E-state index contributed by atoms with van der Waals surface area (Å²) in [6.07, 6.45) is 0.849. The van der Waals surface area contributed by atoms with Crippen LogP contribution < -0.4 is 32.9 Å². The quantitative estimate of drug-likeness (QED) is 0.350. The van der Waals surface area contributed by atoms with Gasteiger partial charge in [0.05, 0.1) is 17.8 Å². The number of nitriles is 1. The molecule has 4 aromatic carbocycles. The third-order valence-electron chi connectivity index (χ3n) is 5.46. The Bertz CT molecular complexity index is 1090. The van der Waals surface area contributed by atoms with Crippen molar-refractivity contribution in [3.8, 4) is 6.07 Å². The molecule has 0 aromatic heterocycles. The fourth-order valence-electron chi connectivity index (χ4n) is 4.05. The van der Waals surface area contributed by atoms with Crippen LogP contribution in [0, 0.1) is 18.3 Å². The maximum Gasteiger partial charge on any atom is 0.116 e. The van der Waals surface area contributed by atoms with Gasteiger partial charge in [-0.05, 0) is 61.0 Å². The van der Waals surface area contributed by atoms with E-state index >= 15 is 0 Å². The Hall–Kier alpha value is -2.24. The maximum absolute atomic E-state index is 9.57. The summed E-state index contributed by atoms with van der Waals surface area (Å²) < 4.78 is 1.09. The SMILES string of the molecule is Cc1cc(C#N)cc(C[P+](c2ccccc2)(c2ccccc2)c2ccccc2)c1Br.[Br-]. The highest BCUT2D eigenvalue weighted by atomic mass is 79.9. The molecular weight excluding hydrogens is 529 g/mol. The van der Waals surface area contributed by atoms with Gasteiger partial charge >= 0.3 is 0 Å². The first-order valence-electron chi connectivity index (χ1n) is 9.89. The molecule has 0 heterocycles. The summed E-state index contributed by atoms with van der Waals surface area (Å²) in [5.41, 5.74) is 2.98. The zero-order valence-electron chi connectivity index (χ0n) is 17.2. The van der Waals surface area contributed by atoms with Crippen molar-refractivity contribution in [3.63, 3.8) is 0 Å². The maximum atomic E-state index is 9.57. The van der Waals surface area contributed by atoms with Gasteiger partial charge in [-0.1, -0.05) is 70.5 Å². The summed E-state index contributed by atoms with van der Waals surface area (Å²) in [7, 11) is -1.99. The lowest BCUT2D eigenvalue weighted by Gasteiger charge is -2.28. The molecule has 0 spiro atoms. The van der Waals surface area contributed by atoms with E-state index in [9.17, 15) is 5.26 Å². The first-order chi connectivity index (χ1) is 14.6. The monoisotopic (exact) mass is 549 g/mol. The van der Waals surface area contributed by atoms with Crippen molar-refractivity contribution in [1.29, 1.82) is 5.26 Å². The summed E-state index contributed by atoms with van der Waals surface area (Å²) >= 11 is 3.82. The molecule has 0 amide bonds. The Morgan fingerprint density at radius 1 is 0.742 bits per heavy atom. The summed E-state index contributed by atoms with van der Waals surface area (Å²) in [4.78, 5) is 0. The topological polar surface area (TPSA) is 23.8 Å². The number of rotatable bonds is 5. The van der Waals surface area contributed by atoms with Crippen molar-refractivity contribution in [2.24, 2.45) is 0 Å². The summed E-state index contributed by atoms with van der Waals surface area (Å²) in [5, 5.41) is 13.6. The van der Waals surface area contributed by atoms with Crippen LogP contribution in [0.5, 0.6) is 0 Å². The third-order valence-corrected chi connectivity index (χ3v) is 10.9. The number of benzene rings is 4. The lowest BCUT2D eigenvalue weighted by atomic mass is 10.1. The van der Waals surface area contributed by atoms with E-state index in [-0.39, 0.29) is 17.0 Å². The summed E-state index contributed by atoms with van der Waals surface area (Å²) in [5.74, 6) is 0. The normalized spacial score (nSPS) is 10.7. The highest BCUT2D eigenvalue weighted by molar-refractivity contribution is 9.10. The van der Waals surface area contributed by atoms with Crippen LogP contribution in [-0.2, 0) is 6.16 Å². The largest absolute Gasteiger partial charge is 1.00 e. The number of nitrogens with zero attached hydrogens (tertiary/aromatic N) is 1. The lowest BCUT2D eigenvalue weighted by molar-refractivity contribution is -0.00000604. The molecule has 0 bridgehead atoms. The van der Waals surface area contributed by atoms with Crippen molar-refractivity contribution < 1.29 is 17.0 Å². The minimum absolute atomic E-state index is 0. The molecule has 0 saturated carbocycles. The molecule has 4 heteroatoms. The minimum Gasteiger partial charge on any atom is -1.00 e. The number of halogens is 2. The van der Waals surface area contributed by atoms with Crippen molar-refractivity contribution in [3.05, 3.63) is 124 Å². The Labute approximate surface area is 204 Å². The molecule has 0 unspecified atom stereocenters. The van der Waals surface area contributed by atoms with Crippen LogP contribution in [0.3, 0.4) is 0 Å². The van der Waals surface area contributed by atoms with Crippen molar-refractivity contribution >= 4 is 39.1 Å². The first-order valence-corrected chi connectivity index (χ1v) is 12.7. The number of hydrogen-bond acceptors (Lipinski definition) is 1. The zero-order valence-corrected chi connectivity index (χ0v) is 21.2. The van der Waals surface area contributed by atoms with E-state index in [0.29, 0.717) is 5.56 Å². The second kappa shape index (κ2) is 10.4. The van der Waals surface area contributed by atoms with Crippen LogP contribution in [-0.4, -0.2) is 0 Å². The van der Waals surface area contributed by atoms with Gasteiger partial charge in [-0.15, -0.1) is 0 Å². The lowest BCUT2D eigenvalue weighted by Crippen LogP contribution is -3.00. The smallest absolute Gasteiger partial charge is 0.116 e. The Kier molecular flexibility index (Phi) is 7.84. The van der Waals surface area contributed by atoms with Gasteiger partial charge in [-0.25, -0.2) is 0 Å². The number of hydrogen-bond donors (Lipinski definition) is 0. The second-order valence-electron chi connectivity index (χ2n) is 7.35. The summed E-state index contributed by atoms with van der Waals surface area (Å²) in [6.45, 7) is 2.06. The molecule has 0 aliphatic carbocycles. The standard InChI is InChI=1S/C27H22BrNP.BrH/c1-21-17-22(19-29)18-23(27(21)28)20-30(24-11-5-2-6-12-24,25-13-7-3-8-14-25)26-15-9-4-10-16-26;/h2-18H,20H2,1H3;1H/q+1;/p-1. The molecule has 0 N–H and O–H groups in total. The van der Waals surface area contributed by atoms with E-state index in [4.69, 9.17) is 0 Å². The van der Waals surface area contributed by atoms with E-state index in [1.54, 1.807) is 0 Å². The van der Waals surface area contributed by atoms with Crippen LogP contribution in [0.2, 0.25) is 0 Å². The van der Waals surface area contributed by atoms with Crippen LogP contribution in [0.25, 0.3) is 0 Å². The van der Waals surface area contributed by atoms with Gasteiger partial charge < -0.3 is 17.0 Å². The fraction of sp³-hybridized carbons (Fsp3) is 0.0741. The van der Waals surface area contributed by atoms with Crippen molar-refractivity contribution in [2.75, 3.05) is 0 Å². The molecule has 0 atom stereocenters. The molecule has 4 aromatic rings. The Balaban J connectivity index is 0.00000272. The molecule has 0 radical (unpaired) electrons. The molecule has 0 aliphatic heterocycles. The van der Waals surface area contributed by atoms with E-state index in [2.05, 4.69) is 120 Å². The van der Waals surface area contributed by atoms with Gasteiger partial charge in [0.2, 0.25) is 0 Å². The minimum atomic E-state index is -1.99. The molecule has 0 aliphatic rings. The van der Waals surface area contributed by atoms with Crippen LogP contribution in [0.15, 0.2) is 108 Å². The van der Waals surface area contributed by atoms with Crippen LogP contribution >= 0.6 is 23.2 Å². The summed E-state index contributed by atoms with van der Waals surface area (Å²) in [6, 6.07) is 38.8. The molecular formula is C27H22Br2NP. The molecule has 4 rings (SSSR count).